The molecule has 0 aliphatic heterocycles. The molecular weight excluding hydrogens is 274 g/mol. The number of para-hydroxylation sites is 1. The lowest BCUT2D eigenvalue weighted by Gasteiger charge is -2.08. The molecule has 1 aromatic carbocycles. The molecule has 0 saturated heterocycles. The van der Waals surface area contributed by atoms with E-state index < -0.39 is 0 Å². The SMILES string of the molecule is COc1c(NCCOc2ccccc2)sc(C#N)c1N. The van der Waals surface area contributed by atoms with Crippen LogP contribution >= 0.6 is 11.3 Å². The van der Waals surface area contributed by atoms with Gasteiger partial charge in [0.25, 0.3) is 0 Å². The Morgan fingerprint density at radius 2 is 2.10 bits per heavy atom. The molecule has 20 heavy (non-hydrogen) atoms. The Morgan fingerprint density at radius 1 is 1.35 bits per heavy atom. The molecule has 104 valence electrons. The Morgan fingerprint density at radius 3 is 2.75 bits per heavy atom. The van der Waals surface area contributed by atoms with Crippen LogP contribution in [0.2, 0.25) is 0 Å². The van der Waals surface area contributed by atoms with Gasteiger partial charge in [-0.2, -0.15) is 5.26 Å². The summed E-state index contributed by atoms with van der Waals surface area (Å²) in [5.41, 5.74) is 6.19. The van der Waals surface area contributed by atoms with E-state index in [1.54, 1.807) is 0 Å². The first-order chi connectivity index (χ1) is 9.76. The Labute approximate surface area is 121 Å². The van der Waals surface area contributed by atoms with Gasteiger partial charge in [-0.25, -0.2) is 0 Å². The van der Waals surface area contributed by atoms with Gasteiger partial charge < -0.3 is 20.5 Å². The van der Waals surface area contributed by atoms with E-state index in [0.717, 1.165) is 10.8 Å². The van der Waals surface area contributed by atoms with Gasteiger partial charge in [-0.05, 0) is 12.1 Å². The van der Waals surface area contributed by atoms with E-state index in [1.165, 1.54) is 18.4 Å². The molecule has 0 bridgehead atoms. The van der Waals surface area contributed by atoms with E-state index in [0.29, 0.717) is 29.5 Å². The smallest absolute Gasteiger partial charge is 0.177 e. The molecular formula is C14H15N3O2S. The predicted octanol–water partition coefficient (Wildman–Crippen LogP) is 2.70. The number of hydrogen-bond acceptors (Lipinski definition) is 6. The molecule has 3 N–H and O–H groups in total. The highest BCUT2D eigenvalue weighted by Gasteiger charge is 2.15. The molecule has 0 radical (unpaired) electrons. The maximum Gasteiger partial charge on any atom is 0.177 e. The van der Waals surface area contributed by atoms with Crippen LogP contribution in [0.1, 0.15) is 4.88 Å². The second-order valence-corrected chi connectivity index (χ2v) is 4.93. The molecule has 0 atom stereocenters. The molecule has 2 aromatic rings. The number of rotatable bonds is 6. The third kappa shape index (κ3) is 3.13. The number of nitrogens with one attached hydrogen (secondary N) is 1. The molecule has 0 saturated carbocycles. The molecule has 6 heteroatoms. The van der Waals surface area contributed by atoms with Crippen LogP contribution in [0.5, 0.6) is 11.5 Å². The van der Waals surface area contributed by atoms with Crippen LogP contribution in [-0.2, 0) is 0 Å². The summed E-state index contributed by atoms with van der Waals surface area (Å²) in [6, 6.07) is 11.6. The highest BCUT2D eigenvalue weighted by molar-refractivity contribution is 7.17. The summed E-state index contributed by atoms with van der Waals surface area (Å²) in [6.07, 6.45) is 0. The lowest BCUT2D eigenvalue weighted by molar-refractivity contribution is 0.332. The van der Waals surface area contributed by atoms with E-state index in [-0.39, 0.29) is 0 Å². The summed E-state index contributed by atoms with van der Waals surface area (Å²) in [5.74, 6) is 1.34. The number of anilines is 2. The van der Waals surface area contributed by atoms with Gasteiger partial charge in [0.2, 0.25) is 0 Å². The lowest BCUT2D eigenvalue weighted by atomic mass is 10.3. The zero-order chi connectivity index (χ0) is 14.4. The highest BCUT2D eigenvalue weighted by atomic mass is 32.1. The van der Waals surface area contributed by atoms with Crippen molar-refractivity contribution in [3.05, 3.63) is 35.2 Å². The minimum atomic E-state index is 0.381. The van der Waals surface area contributed by atoms with Crippen molar-refractivity contribution in [3.63, 3.8) is 0 Å². The predicted molar refractivity (Wildman–Crippen MR) is 80.4 cm³/mol. The highest BCUT2D eigenvalue weighted by Crippen LogP contribution is 2.41. The summed E-state index contributed by atoms with van der Waals surface area (Å²) >= 11 is 1.28. The van der Waals surface area contributed by atoms with Gasteiger partial charge in [0.15, 0.2) is 5.75 Å². The summed E-state index contributed by atoms with van der Waals surface area (Å²) in [5, 5.41) is 12.9. The van der Waals surface area contributed by atoms with Crippen molar-refractivity contribution >= 4 is 22.0 Å². The third-order valence-electron chi connectivity index (χ3n) is 2.60. The van der Waals surface area contributed by atoms with Gasteiger partial charge in [-0.15, -0.1) is 11.3 Å². The molecule has 1 aromatic heterocycles. The number of methoxy groups -OCH3 is 1. The number of nitriles is 1. The maximum atomic E-state index is 8.94. The molecule has 0 aliphatic rings. The first-order valence-corrected chi connectivity index (χ1v) is 6.86. The summed E-state index contributed by atoms with van der Waals surface area (Å²) < 4.78 is 10.8. The van der Waals surface area contributed by atoms with Crippen LogP contribution in [0.25, 0.3) is 0 Å². The van der Waals surface area contributed by atoms with Gasteiger partial charge in [0.05, 0.1) is 7.11 Å². The number of thiophene rings is 1. The Bertz CT molecular complexity index is 605. The van der Waals surface area contributed by atoms with Crippen LogP contribution in [0.15, 0.2) is 30.3 Å². The second kappa shape index (κ2) is 6.68. The summed E-state index contributed by atoms with van der Waals surface area (Å²) in [6.45, 7) is 1.10. The minimum Gasteiger partial charge on any atom is -0.492 e. The molecule has 0 spiro atoms. The number of ether oxygens (including phenoxy) is 2. The van der Waals surface area contributed by atoms with Crippen LogP contribution in [-0.4, -0.2) is 20.3 Å². The van der Waals surface area contributed by atoms with Gasteiger partial charge in [-0.3, -0.25) is 0 Å². The Kier molecular flexibility index (Phi) is 4.69. The van der Waals surface area contributed by atoms with Crippen molar-refractivity contribution in [1.29, 1.82) is 5.26 Å². The van der Waals surface area contributed by atoms with Crippen molar-refractivity contribution in [2.24, 2.45) is 0 Å². The van der Waals surface area contributed by atoms with E-state index in [2.05, 4.69) is 5.32 Å². The zero-order valence-corrected chi connectivity index (χ0v) is 11.9. The number of hydrogen-bond donors (Lipinski definition) is 2. The fraction of sp³-hybridized carbons (Fsp3) is 0.214. The van der Waals surface area contributed by atoms with Crippen LogP contribution in [0.4, 0.5) is 10.7 Å². The minimum absolute atomic E-state index is 0.381. The maximum absolute atomic E-state index is 8.94. The molecule has 0 amide bonds. The largest absolute Gasteiger partial charge is 0.492 e. The molecule has 1 heterocycles. The average molecular weight is 289 g/mol. The summed E-state index contributed by atoms with van der Waals surface area (Å²) in [7, 11) is 1.53. The number of nitrogens with zero attached hydrogens (tertiary/aromatic N) is 1. The standard InChI is InChI=1S/C14H15N3O2S/c1-18-13-12(16)11(9-15)20-14(13)17-7-8-19-10-5-3-2-4-6-10/h2-6,17H,7-8,16H2,1H3. The van der Waals surface area contributed by atoms with Crippen molar-refractivity contribution < 1.29 is 9.47 Å². The lowest BCUT2D eigenvalue weighted by Crippen LogP contribution is -2.11. The van der Waals surface area contributed by atoms with Gasteiger partial charge in [0.1, 0.15) is 34.0 Å². The first-order valence-electron chi connectivity index (χ1n) is 6.04. The van der Waals surface area contributed by atoms with Crippen LogP contribution in [0.3, 0.4) is 0 Å². The van der Waals surface area contributed by atoms with Crippen molar-refractivity contribution in [2.75, 3.05) is 31.3 Å². The van der Waals surface area contributed by atoms with Crippen LogP contribution in [0, 0.1) is 11.3 Å². The second-order valence-electron chi connectivity index (χ2n) is 3.91. The Hall–Kier alpha value is -2.39. The number of benzene rings is 1. The molecule has 0 aliphatic carbocycles. The monoisotopic (exact) mass is 289 g/mol. The van der Waals surface area contributed by atoms with E-state index in [4.69, 9.17) is 20.5 Å². The number of nitrogens with two attached hydrogens (primary N) is 1. The van der Waals surface area contributed by atoms with E-state index in [1.807, 2.05) is 36.4 Å². The molecule has 0 unspecified atom stereocenters. The van der Waals surface area contributed by atoms with E-state index in [9.17, 15) is 0 Å². The first kappa shape index (κ1) is 14.0. The van der Waals surface area contributed by atoms with Crippen molar-refractivity contribution in [3.8, 4) is 17.6 Å². The van der Waals surface area contributed by atoms with E-state index >= 15 is 0 Å². The fourth-order valence-electron chi connectivity index (χ4n) is 1.68. The van der Waals surface area contributed by atoms with Gasteiger partial charge in [0, 0.05) is 6.54 Å². The topological polar surface area (TPSA) is 80.3 Å². The van der Waals surface area contributed by atoms with Gasteiger partial charge in [-0.1, -0.05) is 18.2 Å². The van der Waals surface area contributed by atoms with Crippen LogP contribution < -0.4 is 20.5 Å². The molecule has 0 fully saturated rings. The normalized spacial score (nSPS) is 9.80. The zero-order valence-electron chi connectivity index (χ0n) is 11.1. The van der Waals surface area contributed by atoms with Crippen molar-refractivity contribution in [2.45, 2.75) is 0 Å². The van der Waals surface area contributed by atoms with Gasteiger partial charge >= 0.3 is 0 Å². The molecule has 2 rings (SSSR count). The van der Waals surface area contributed by atoms with Crippen molar-refractivity contribution in [1.82, 2.24) is 0 Å². The quantitative estimate of drug-likeness (QED) is 0.799. The average Bonchev–Trinajstić information content (AvgIpc) is 2.80. The third-order valence-corrected chi connectivity index (χ3v) is 3.65. The fourth-order valence-corrected chi connectivity index (χ4v) is 2.59. The summed E-state index contributed by atoms with van der Waals surface area (Å²) in [4.78, 5) is 0.452. The Balaban J connectivity index is 1.90. The molecule has 5 nitrogen and oxygen atoms in total. The number of nitrogen functional groups attached to an aromatic ring is 1.